The van der Waals surface area contributed by atoms with E-state index in [-0.39, 0.29) is 35.5 Å². The standard InChI is InChI=1S/C27H29F3N4O3/c1-5-36-26(35)22-20-10-9-19(27(28,29)30)25(33(20)32-23(22)15(2)3)17-12-16(4)24-18(13-17)14-31-34(24)21-8-6-7-11-37-21/h9-10,12-15,21H,5-8,11H2,1-4H3. The van der Waals surface area contributed by atoms with E-state index in [1.807, 2.05) is 25.5 Å². The van der Waals surface area contributed by atoms with Crippen LogP contribution in [0.4, 0.5) is 13.2 Å². The molecule has 1 fully saturated rings. The Labute approximate surface area is 212 Å². The summed E-state index contributed by atoms with van der Waals surface area (Å²) >= 11 is 0. The van der Waals surface area contributed by atoms with Gasteiger partial charge in [0.25, 0.3) is 0 Å². The van der Waals surface area contributed by atoms with Crippen LogP contribution >= 0.6 is 0 Å². The van der Waals surface area contributed by atoms with Crippen molar-refractivity contribution in [2.75, 3.05) is 13.2 Å². The van der Waals surface area contributed by atoms with Gasteiger partial charge >= 0.3 is 12.1 Å². The highest BCUT2D eigenvalue weighted by Gasteiger charge is 2.37. The van der Waals surface area contributed by atoms with Crippen LogP contribution in [0.2, 0.25) is 0 Å². The number of pyridine rings is 1. The molecule has 0 saturated carbocycles. The number of halogens is 3. The zero-order valence-electron chi connectivity index (χ0n) is 21.2. The average Bonchev–Trinajstić information content (AvgIpc) is 3.46. The maximum absolute atomic E-state index is 14.3. The number of ether oxygens (including phenoxy) is 2. The van der Waals surface area contributed by atoms with E-state index in [1.165, 1.54) is 10.6 Å². The van der Waals surface area contributed by atoms with Gasteiger partial charge in [-0.15, -0.1) is 0 Å². The van der Waals surface area contributed by atoms with Crippen LogP contribution in [0.1, 0.15) is 79.4 Å². The highest BCUT2D eigenvalue weighted by Crippen LogP contribution is 2.41. The van der Waals surface area contributed by atoms with E-state index in [9.17, 15) is 18.0 Å². The summed E-state index contributed by atoms with van der Waals surface area (Å²) in [7, 11) is 0. The fourth-order valence-corrected chi connectivity index (χ4v) is 5.12. The molecule has 196 valence electrons. The number of aryl methyl sites for hydroxylation is 1. The lowest BCUT2D eigenvalue weighted by atomic mass is 9.99. The first kappa shape index (κ1) is 25.3. The van der Waals surface area contributed by atoms with Gasteiger partial charge in [0, 0.05) is 17.6 Å². The van der Waals surface area contributed by atoms with E-state index >= 15 is 0 Å². The number of esters is 1. The Morgan fingerprint density at radius 3 is 2.68 bits per heavy atom. The van der Waals surface area contributed by atoms with Gasteiger partial charge in [0.2, 0.25) is 0 Å². The minimum Gasteiger partial charge on any atom is -0.462 e. The number of nitrogens with zero attached hydrogens (tertiary/aromatic N) is 4. The van der Waals surface area contributed by atoms with Crippen molar-refractivity contribution in [3.05, 3.63) is 52.8 Å². The van der Waals surface area contributed by atoms with Gasteiger partial charge in [-0.25, -0.2) is 14.0 Å². The largest absolute Gasteiger partial charge is 0.462 e. The third-order valence-electron chi connectivity index (χ3n) is 6.74. The second-order valence-electron chi connectivity index (χ2n) is 9.67. The Morgan fingerprint density at radius 2 is 2.03 bits per heavy atom. The Hall–Kier alpha value is -3.40. The van der Waals surface area contributed by atoms with Crippen LogP contribution in [0.3, 0.4) is 0 Å². The fourth-order valence-electron chi connectivity index (χ4n) is 5.12. The van der Waals surface area contributed by atoms with E-state index in [0.717, 1.165) is 36.4 Å². The highest BCUT2D eigenvalue weighted by molar-refractivity contribution is 5.99. The first-order valence-corrected chi connectivity index (χ1v) is 12.5. The van der Waals surface area contributed by atoms with E-state index in [2.05, 4.69) is 10.2 Å². The summed E-state index contributed by atoms with van der Waals surface area (Å²) in [4.78, 5) is 12.8. The number of rotatable bonds is 5. The molecule has 4 aromatic rings. The summed E-state index contributed by atoms with van der Waals surface area (Å²) < 4.78 is 57.1. The van der Waals surface area contributed by atoms with Crippen molar-refractivity contribution in [1.82, 2.24) is 19.4 Å². The van der Waals surface area contributed by atoms with Crippen molar-refractivity contribution in [2.24, 2.45) is 0 Å². The molecule has 1 aliphatic heterocycles. The smallest absolute Gasteiger partial charge is 0.418 e. The first-order valence-electron chi connectivity index (χ1n) is 12.5. The molecular formula is C27H29F3N4O3. The number of hydrogen-bond acceptors (Lipinski definition) is 5. The zero-order chi connectivity index (χ0) is 26.5. The molecule has 1 saturated heterocycles. The summed E-state index contributed by atoms with van der Waals surface area (Å²) in [5.74, 6) is -0.813. The summed E-state index contributed by atoms with van der Waals surface area (Å²) in [6.45, 7) is 8.01. The SMILES string of the molecule is CCOC(=O)c1c(C(C)C)nn2c(-c3cc(C)c4c(cnn4C4CCCCO4)c3)c(C(F)(F)F)ccc12. The molecule has 3 aromatic heterocycles. The Bertz CT molecular complexity index is 1480. The van der Waals surface area contributed by atoms with Gasteiger partial charge < -0.3 is 9.47 Å². The summed E-state index contributed by atoms with van der Waals surface area (Å²) in [6.07, 6.45) is -0.321. The number of carbonyl (C=O) groups is 1. The number of carbonyl (C=O) groups excluding carboxylic acids is 1. The van der Waals surface area contributed by atoms with E-state index in [0.29, 0.717) is 23.3 Å². The molecule has 0 radical (unpaired) electrons. The molecule has 10 heteroatoms. The van der Waals surface area contributed by atoms with Crippen molar-refractivity contribution < 1.29 is 27.4 Å². The van der Waals surface area contributed by atoms with Crippen LogP contribution in [-0.4, -0.2) is 38.6 Å². The number of hydrogen-bond donors (Lipinski definition) is 0. The average molecular weight is 515 g/mol. The Kier molecular flexibility index (Phi) is 6.47. The van der Waals surface area contributed by atoms with Crippen molar-refractivity contribution >= 4 is 22.4 Å². The molecule has 1 unspecified atom stereocenters. The second kappa shape index (κ2) is 9.48. The third-order valence-corrected chi connectivity index (χ3v) is 6.74. The number of alkyl halides is 3. The van der Waals surface area contributed by atoms with Gasteiger partial charge in [-0.2, -0.15) is 23.4 Å². The lowest BCUT2D eigenvalue weighted by Crippen LogP contribution is -2.19. The van der Waals surface area contributed by atoms with Gasteiger partial charge in [-0.05, 0) is 68.9 Å². The molecule has 0 aliphatic carbocycles. The molecule has 5 rings (SSSR count). The predicted molar refractivity (Wildman–Crippen MR) is 133 cm³/mol. The number of aromatic nitrogens is 4. The third kappa shape index (κ3) is 4.37. The number of fused-ring (bicyclic) bond motifs is 2. The van der Waals surface area contributed by atoms with E-state index in [1.54, 1.807) is 25.3 Å². The van der Waals surface area contributed by atoms with Crippen molar-refractivity contribution in [3.63, 3.8) is 0 Å². The van der Waals surface area contributed by atoms with Gasteiger partial charge in [0.05, 0.1) is 40.8 Å². The van der Waals surface area contributed by atoms with Gasteiger partial charge in [0.15, 0.2) is 6.23 Å². The second-order valence-corrected chi connectivity index (χ2v) is 9.67. The van der Waals surface area contributed by atoms with E-state index < -0.39 is 17.7 Å². The van der Waals surface area contributed by atoms with Crippen LogP contribution in [0, 0.1) is 6.92 Å². The predicted octanol–water partition coefficient (Wildman–Crippen LogP) is 6.68. The van der Waals surface area contributed by atoms with E-state index in [4.69, 9.17) is 9.47 Å². The maximum atomic E-state index is 14.3. The normalized spacial score (nSPS) is 16.7. The molecule has 0 bridgehead atoms. The quantitative estimate of drug-likeness (QED) is 0.278. The molecule has 37 heavy (non-hydrogen) atoms. The van der Waals surface area contributed by atoms with Crippen LogP contribution in [0.25, 0.3) is 27.7 Å². The van der Waals surface area contributed by atoms with Crippen LogP contribution in [0.5, 0.6) is 0 Å². The summed E-state index contributed by atoms with van der Waals surface area (Å²) in [5.41, 5.74) is 1.81. The van der Waals surface area contributed by atoms with Crippen LogP contribution in [0.15, 0.2) is 30.5 Å². The number of benzene rings is 1. The molecule has 4 heterocycles. The molecule has 0 amide bonds. The van der Waals surface area contributed by atoms with Crippen LogP contribution in [-0.2, 0) is 15.7 Å². The van der Waals surface area contributed by atoms with Crippen molar-refractivity contribution in [2.45, 2.75) is 65.3 Å². The van der Waals surface area contributed by atoms with Gasteiger partial charge in [-0.3, -0.25) is 0 Å². The first-order chi connectivity index (χ1) is 17.6. The molecule has 0 N–H and O–H groups in total. The van der Waals surface area contributed by atoms with Crippen molar-refractivity contribution in [3.8, 4) is 11.3 Å². The highest BCUT2D eigenvalue weighted by atomic mass is 19.4. The summed E-state index contributed by atoms with van der Waals surface area (Å²) in [5, 5.41) is 9.75. The van der Waals surface area contributed by atoms with Gasteiger partial charge in [0.1, 0.15) is 5.56 Å². The lowest BCUT2D eigenvalue weighted by Gasteiger charge is -2.24. The molecule has 1 atom stereocenters. The molecule has 7 nitrogen and oxygen atoms in total. The zero-order valence-corrected chi connectivity index (χ0v) is 21.2. The fraction of sp³-hybridized carbons (Fsp3) is 0.444. The molecule has 1 aromatic carbocycles. The molecule has 0 spiro atoms. The lowest BCUT2D eigenvalue weighted by molar-refractivity contribution is -0.137. The molecular weight excluding hydrogens is 485 g/mol. The minimum absolute atomic E-state index is 0.130. The molecule has 1 aliphatic rings. The van der Waals surface area contributed by atoms with Crippen LogP contribution < -0.4 is 0 Å². The Morgan fingerprint density at radius 1 is 1.24 bits per heavy atom. The monoisotopic (exact) mass is 514 g/mol. The maximum Gasteiger partial charge on any atom is 0.418 e. The topological polar surface area (TPSA) is 70.6 Å². The minimum atomic E-state index is -4.64. The van der Waals surface area contributed by atoms with Gasteiger partial charge in [-0.1, -0.05) is 13.8 Å². The Balaban J connectivity index is 1.77. The summed E-state index contributed by atoms with van der Waals surface area (Å²) in [6, 6.07) is 5.72. The van der Waals surface area contributed by atoms with Crippen molar-refractivity contribution in [1.29, 1.82) is 0 Å².